The van der Waals surface area contributed by atoms with Crippen molar-refractivity contribution in [1.82, 2.24) is 0 Å². The van der Waals surface area contributed by atoms with Crippen LogP contribution >= 0.6 is 0 Å². The molecule has 1 N–H and O–H groups in total. The van der Waals surface area contributed by atoms with Gasteiger partial charge in [-0.05, 0) is 0 Å². The van der Waals surface area contributed by atoms with Crippen molar-refractivity contribution in [2.45, 2.75) is 51.5 Å². The molecule has 0 aromatic heterocycles. The predicted octanol–water partition coefficient (Wildman–Crippen LogP) is -0.532. The monoisotopic (exact) mass is 308 g/mol. The molecular weight excluding hydrogens is 291 g/mol. The van der Waals surface area contributed by atoms with Crippen molar-refractivity contribution in [3.63, 3.8) is 0 Å². The molecule has 0 radical (unpaired) electrons. The Morgan fingerprint density at radius 2 is 1.38 bits per heavy atom. The van der Waals surface area contributed by atoms with E-state index in [4.69, 9.17) is 18.9 Å². The van der Waals surface area contributed by atoms with E-state index in [0.29, 0.717) is 0 Å². The Morgan fingerprint density at radius 3 is 1.81 bits per heavy atom. The maximum atomic E-state index is 13.0. The lowest BCUT2D eigenvalue weighted by Gasteiger charge is -2.42. The second kappa shape index (κ2) is 7.32. The molecule has 120 valence electrons. The number of esters is 3. The Hall–Kier alpha value is -1.74. The van der Waals surface area contributed by atoms with E-state index < -0.39 is 55.3 Å². The summed E-state index contributed by atoms with van der Waals surface area (Å²) in [4.78, 5) is 33.3. The Bertz CT molecular complexity index is 412. The maximum absolute atomic E-state index is 13.0. The van der Waals surface area contributed by atoms with Crippen molar-refractivity contribution in [2.75, 3.05) is 6.67 Å². The predicted molar refractivity (Wildman–Crippen MR) is 63.5 cm³/mol. The SMILES string of the molecule is CC(=O)OC1C(OC(C)=O)[C@H](O)OC(CF)[C@H]1OC(C)=O. The molecule has 9 heteroatoms. The van der Waals surface area contributed by atoms with Gasteiger partial charge in [0.1, 0.15) is 12.8 Å². The summed E-state index contributed by atoms with van der Waals surface area (Å²) in [5.41, 5.74) is 0. The van der Waals surface area contributed by atoms with Crippen LogP contribution in [0.25, 0.3) is 0 Å². The summed E-state index contributed by atoms with van der Waals surface area (Å²) in [6.07, 6.45) is -7.21. The molecule has 0 saturated carbocycles. The average Bonchev–Trinajstić information content (AvgIpc) is 2.35. The van der Waals surface area contributed by atoms with Crippen LogP contribution in [0.15, 0.2) is 0 Å². The van der Waals surface area contributed by atoms with Crippen molar-refractivity contribution in [3.05, 3.63) is 0 Å². The zero-order chi connectivity index (χ0) is 16.2. The van der Waals surface area contributed by atoms with Crippen molar-refractivity contribution >= 4 is 17.9 Å². The van der Waals surface area contributed by atoms with Crippen LogP contribution in [0.1, 0.15) is 20.8 Å². The minimum atomic E-state index is -1.72. The molecule has 1 aliphatic rings. The first kappa shape index (κ1) is 17.3. The van der Waals surface area contributed by atoms with Crippen molar-refractivity contribution in [2.24, 2.45) is 0 Å². The lowest BCUT2D eigenvalue weighted by molar-refractivity contribution is -0.292. The number of rotatable bonds is 4. The Kier molecular flexibility index (Phi) is 6.03. The van der Waals surface area contributed by atoms with Gasteiger partial charge in [0.25, 0.3) is 0 Å². The second-order valence-electron chi connectivity index (χ2n) is 4.44. The third-order valence-electron chi connectivity index (χ3n) is 2.67. The summed E-state index contributed by atoms with van der Waals surface area (Å²) < 4.78 is 32.5. The fourth-order valence-corrected chi connectivity index (χ4v) is 2.00. The van der Waals surface area contributed by atoms with E-state index in [-0.39, 0.29) is 0 Å². The minimum Gasteiger partial charge on any atom is -0.456 e. The summed E-state index contributed by atoms with van der Waals surface area (Å²) in [6.45, 7) is 2.12. The number of aliphatic hydroxyl groups excluding tert-OH is 1. The maximum Gasteiger partial charge on any atom is 0.303 e. The van der Waals surface area contributed by atoms with Crippen LogP contribution < -0.4 is 0 Å². The van der Waals surface area contributed by atoms with Gasteiger partial charge in [-0.15, -0.1) is 0 Å². The first-order chi connectivity index (χ1) is 9.76. The highest BCUT2D eigenvalue weighted by Crippen LogP contribution is 2.28. The highest BCUT2D eigenvalue weighted by molar-refractivity contribution is 5.68. The van der Waals surface area contributed by atoms with Crippen molar-refractivity contribution < 1.29 is 42.8 Å². The molecule has 1 rings (SSSR count). The van der Waals surface area contributed by atoms with E-state index in [2.05, 4.69) is 0 Å². The molecular formula is C12H17FO8. The van der Waals surface area contributed by atoms with Crippen LogP contribution in [0, 0.1) is 0 Å². The highest BCUT2D eigenvalue weighted by Gasteiger charge is 2.51. The molecule has 0 amide bonds. The molecule has 5 atom stereocenters. The van der Waals surface area contributed by atoms with E-state index >= 15 is 0 Å². The normalized spacial score (nSPS) is 32.1. The smallest absolute Gasteiger partial charge is 0.303 e. The number of ether oxygens (including phenoxy) is 4. The number of carbonyl (C=O) groups is 3. The molecule has 0 bridgehead atoms. The van der Waals surface area contributed by atoms with E-state index in [1.54, 1.807) is 0 Å². The molecule has 1 aliphatic heterocycles. The van der Waals surface area contributed by atoms with Crippen LogP contribution in [0.2, 0.25) is 0 Å². The molecule has 21 heavy (non-hydrogen) atoms. The lowest BCUT2D eigenvalue weighted by Crippen LogP contribution is -2.61. The van der Waals surface area contributed by atoms with Crippen molar-refractivity contribution in [3.8, 4) is 0 Å². The molecule has 1 heterocycles. The van der Waals surface area contributed by atoms with E-state index in [9.17, 15) is 23.9 Å². The van der Waals surface area contributed by atoms with Crippen LogP contribution in [-0.4, -0.2) is 60.4 Å². The van der Waals surface area contributed by atoms with Gasteiger partial charge in [0.2, 0.25) is 0 Å². The van der Waals surface area contributed by atoms with Gasteiger partial charge >= 0.3 is 17.9 Å². The van der Waals surface area contributed by atoms with E-state index in [0.717, 1.165) is 20.8 Å². The largest absolute Gasteiger partial charge is 0.456 e. The van der Waals surface area contributed by atoms with Gasteiger partial charge in [0.15, 0.2) is 24.6 Å². The topological polar surface area (TPSA) is 108 Å². The molecule has 8 nitrogen and oxygen atoms in total. The van der Waals surface area contributed by atoms with Gasteiger partial charge in [0.05, 0.1) is 0 Å². The Morgan fingerprint density at radius 1 is 0.952 bits per heavy atom. The summed E-state index contributed by atoms with van der Waals surface area (Å²) in [7, 11) is 0. The number of hydrogen-bond donors (Lipinski definition) is 1. The van der Waals surface area contributed by atoms with Crippen LogP contribution in [0.4, 0.5) is 4.39 Å². The quantitative estimate of drug-likeness (QED) is 0.545. The van der Waals surface area contributed by atoms with Gasteiger partial charge in [-0.2, -0.15) is 0 Å². The Balaban J connectivity index is 3.08. The molecule has 0 aromatic rings. The third kappa shape index (κ3) is 4.64. The number of carbonyl (C=O) groups excluding carboxylic acids is 3. The van der Waals surface area contributed by atoms with E-state index in [1.807, 2.05) is 0 Å². The average molecular weight is 308 g/mol. The number of hydrogen-bond acceptors (Lipinski definition) is 8. The molecule has 1 fully saturated rings. The molecule has 0 spiro atoms. The summed E-state index contributed by atoms with van der Waals surface area (Å²) >= 11 is 0. The van der Waals surface area contributed by atoms with Gasteiger partial charge < -0.3 is 24.1 Å². The van der Waals surface area contributed by atoms with Crippen molar-refractivity contribution in [1.29, 1.82) is 0 Å². The second-order valence-corrected chi connectivity index (χ2v) is 4.44. The molecule has 0 aliphatic carbocycles. The molecule has 0 aromatic carbocycles. The van der Waals surface area contributed by atoms with Gasteiger partial charge in [-0.1, -0.05) is 0 Å². The minimum absolute atomic E-state index is 0.767. The zero-order valence-corrected chi connectivity index (χ0v) is 11.8. The third-order valence-corrected chi connectivity index (χ3v) is 2.67. The van der Waals surface area contributed by atoms with Gasteiger partial charge in [-0.25, -0.2) is 4.39 Å². The zero-order valence-electron chi connectivity index (χ0n) is 11.8. The summed E-state index contributed by atoms with van der Waals surface area (Å²) in [5, 5.41) is 9.76. The first-order valence-electron chi connectivity index (χ1n) is 6.17. The standard InChI is InChI=1S/C12H17FO8/c1-5(14)18-9-8(4-13)21-12(17)11(20-7(3)16)10(9)19-6(2)15/h8-12,17H,4H2,1-3H3/t8?,9-,10?,11?,12-/m1/s1. The van der Waals surface area contributed by atoms with Crippen LogP contribution in [-0.2, 0) is 33.3 Å². The molecule has 1 saturated heterocycles. The summed E-state index contributed by atoms with van der Waals surface area (Å²) in [5.74, 6) is -2.32. The van der Waals surface area contributed by atoms with Gasteiger partial charge in [-0.3, -0.25) is 14.4 Å². The highest BCUT2D eigenvalue weighted by atomic mass is 19.1. The number of alkyl halides is 1. The van der Waals surface area contributed by atoms with Crippen LogP contribution in [0.5, 0.6) is 0 Å². The van der Waals surface area contributed by atoms with Crippen LogP contribution in [0.3, 0.4) is 0 Å². The van der Waals surface area contributed by atoms with E-state index in [1.165, 1.54) is 0 Å². The van der Waals surface area contributed by atoms with Gasteiger partial charge in [0, 0.05) is 20.8 Å². The number of aliphatic hydroxyl groups is 1. The molecule has 3 unspecified atom stereocenters. The fraction of sp³-hybridized carbons (Fsp3) is 0.750. The fourth-order valence-electron chi connectivity index (χ4n) is 2.00. The first-order valence-corrected chi connectivity index (χ1v) is 6.17. The lowest BCUT2D eigenvalue weighted by atomic mass is 9.98. The Labute approximate surface area is 120 Å². The number of halogens is 1. The summed E-state index contributed by atoms with van der Waals surface area (Å²) in [6, 6.07) is 0.